The summed E-state index contributed by atoms with van der Waals surface area (Å²) in [6, 6.07) is 13.6. The Bertz CT molecular complexity index is 1220. The lowest BCUT2D eigenvalue weighted by Gasteiger charge is -2.27. The van der Waals surface area contributed by atoms with Crippen LogP contribution in [0.2, 0.25) is 0 Å². The van der Waals surface area contributed by atoms with Crippen LogP contribution in [0.5, 0.6) is 11.5 Å². The summed E-state index contributed by atoms with van der Waals surface area (Å²) in [7, 11) is -0.983. The molecule has 2 aliphatic heterocycles. The van der Waals surface area contributed by atoms with Gasteiger partial charge in [-0.1, -0.05) is 24.3 Å². The molecule has 0 radical (unpaired) electrons. The maximum atomic E-state index is 13.1. The van der Waals surface area contributed by atoms with Crippen molar-refractivity contribution in [1.29, 1.82) is 0 Å². The van der Waals surface area contributed by atoms with Crippen molar-refractivity contribution in [3.05, 3.63) is 59.7 Å². The van der Waals surface area contributed by atoms with Gasteiger partial charge in [-0.25, -0.2) is 9.59 Å². The molecular weight excluding hydrogens is 534 g/mol. The standard InChI is InChI=1S/C25H31N3O8S2/c1-33-21-7-3-18(4-8-21)16-35-24(29)27-15-23(37)13-20(27)14-26-11-12-28(38(26,31)32)25(30)36-17-19-5-9-22(34-2)10-6-19/h3-10,20,23,37H,11-17H2,1-2H3/t20-,23-/m0/s1. The number of rotatable bonds is 8. The van der Waals surface area contributed by atoms with Gasteiger partial charge in [0.1, 0.15) is 24.7 Å². The van der Waals surface area contributed by atoms with Crippen molar-refractivity contribution in [3.63, 3.8) is 0 Å². The minimum absolute atomic E-state index is 0.0271. The molecule has 2 aromatic rings. The Labute approximate surface area is 227 Å². The van der Waals surface area contributed by atoms with Gasteiger partial charge in [0.05, 0.1) is 26.8 Å². The number of hydrogen-bond donors (Lipinski definition) is 1. The summed E-state index contributed by atoms with van der Waals surface area (Å²) in [5.74, 6) is 1.36. The molecule has 13 heteroatoms. The van der Waals surface area contributed by atoms with E-state index in [1.807, 2.05) is 0 Å². The van der Waals surface area contributed by atoms with E-state index in [4.69, 9.17) is 18.9 Å². The Morgan fingerprint density at radius 1 is 0.868 bits per heavy atom. The Hall–Kier alpha value is -3.16. The van der Waals surface area contributed by atoms with E-state index in [0.29, 0.717) is 30.0 Å². The summed E-state index contributed by atoms with van der Waals surface area (Å²) in [6.07, 6.45) is -0.999. The van der Waals surface area contributed by atoms with E-state index in [-0.39, 0.29) is 38.1 Å². The zero-order valence-electron chi connectivity index (χ0n) is 21.2. The zero-order valence-corrected chi connectivity index (χ0v) is 22.9. The van der Waals surface area contributed by atoms with Gasteiger partial charge in [0.25, 0.3) is 0 Å². The summed E-state index contributed by atoms with van der Waals surface area (Å²) >= 11 is 4.51. The summed E-state index contributed by atoms with van der Waals surface area (Å²) in [5.41, 5.74) is 1.49. The molecule has 0 aliphatic carbocycles. The normalized spacial score (nSPS) is 20.8. The average molecular weight is 566 g/mol. The van der Waals surface area contributed by atoms with Crippen molar-refractivity contribution >= 4 is 35.0 Å². The largest absolute Gasteiger partial charge is 0.497 e. The number of benzene rings is 2. The fraction of sp³-hybridized carbons (Fsp3) is 0.440. The first-order chi connectivity index (χ1) is 18.2. The Balaban J connectivity index is 1.32. The molecule has 2 atom stereocenters. The van der Waals surface area contributed by atoms with E-state index >= 15 is 0 Å². The monoisotopic (exact) mass is 565 g/mol. The molecule has 11 nitrogen and oxygen atoms in total. The smallest absolute Gasteiger partial charge is 0.424 e. The SMILES string of the molecule is COc1ccc(COC(=O)N2C[C@@H](S)C[C@H]2CN2CCN(C(=O)OCc3ccc(OC)cc3)S2(=O)=O)cc1. The van der Waals surface area contributed by atoms with Crippen molar-refractivity contribution < 1.29 is 37.0 Å². The highest BCUT2D eigenvalue weighted by Crippen LogP contribution is 2.27. The van der Waals surface area contributed by atoms with Crippen LogP contribution in [-0.2, 0) is 32.9 Å². The van der Waals surface area contributed by atoms with Gasteiger partial charge in [0, 0.05) is 24.9 Å². The number of likely N-dealkylation sites (tertiary alicyclic amines) is 1. The van der Waals surface area contributed by atoms with Crippen LogP contribution in [0.15, 0.2) is 48.5 Å². The van der Waals surface area contributed by atoms with Crippen LogP contribution in [0.3, 0.4) is 0 Å². The van der Waals surface area contributed by atoms with Gasteiger partial charge < -0.3 is 23.8 Å². The second-order valence-electron chi connectivity index (χ2n) is 8.94. The van der Waals surface area contributed by atoms with Gasteiger partial charge in [-0.05, 0) is 41.8 Å². The number of carbonyl (C=O) groups excluding carboxylic acids is 2. The zero-order chi connectivity index (χ0) is 27.3. The van der Waals surface area contributed by atoms with Crippen LogP contribution >= 0.6 is 12.6 Å². The topological polar surface area (TPSA) is 115 Å². The molecule has 0 bridgehead atoms. The summed E-state index contributed by atoms with van der Waals surface area (Å²) < 4.78 is 49.1. The van der Waals surface area contributed by atoms with Crippen LogP contribution in [0.25, 0.3) is 0 Å². The second-order valence-corrected chi connectivity index (χ2v) is 11.5. The molecule has 0 unspecified atom stereocenters. The molecule has 4 rings (SSSR count). The number of methoxy groups -OCH3 is 2. The predicted molar refractivity (Wildman–Crippen MR) is 141 cm³/mol. The fourth-order valence-electron chi connectivity index (χ4n) is 4.36. The van der Waals surface area contributed by atoms with E-state index in [9.17, 15) is 18.0 Å². The molecule has 0 N–H and O–H groups in total. The van der Waals surface area contributed by atoms with E-state index in [2.05, 4.69) is 12.6 Å². The summed E-state index contributed by atoms with van der Waals surface area (Å²) in [6.45, 7) is 0.410. The molecule has 2 fully saturated rings. The van der Waals surface area contributed by atoms with Crippen LogP contribution in [-0.4, -0.2) is 85.8 Å². The summed E-state index contributed by atoms with van der Waals surface area (Å²) in [5, 5.41) is -0.121. The number of nitrogens with zero attached hydrogens (tertiary/aromatic N) is 3. The van der Waals surface area contributed by atoms with Crippen LogP contribution in [0, 0.1) is 0 Å². The van der Waals surface area contributed by atoms with Crippen molar-refractivity contribution in [2.45, 2.75) is 30.9 Å². The maximum absolute atomic E-state index is 13.1. The van der Waals surface area contributed by atoms with E-state index < -0.39 is 28.4 Å². The number of amides is 2. The highest BCUT2D eigenvalue weighted by atomic mass is 32.2. The number of ether oxygens (including phenoxy) is 4. The molecule has 2 aliphatic rings. The van der Waals surface area contributed by atoms with Gasteiger partial charge in [0.2, 0.25) is 0 Å². The molecule has 2 amide bonds. The van der Waals surface area contributed by atoms with E-state index in [1.54, 1.807) is 62.8 Å². The first-order valence-corrected chi connectivity index (χ1v) is 13.9. The average Bonchev–Trinajstić information content (AvgIpc) is 3.44. The predicted octanol–water partition coefficient (Wildman–Crippen LogP) is 2.91. The minimum atomic E-state index is -4.10. The Morgan fingerprint density at radius 3 is 1.92 bits per heavy atom. The highest BCUT2D eigenvalue weighted by molar-refractivity contribution is 7.87. The quantitative estimate of drug-likeness (QED) is 0.486. The van der Waals surface area contributed by atoms with Crippen molar-refractivity contribution in [3.8, 4) is 11.5 Å². The van der Waals surface area contributed by atoms with Gasteiger partial charge >= 0.3 is 22.4 Å². The van der Waals surface area contributed by atoms with Crippen molar-refractivity contribution in [1.82, 2.24) is 13.5 Å². The maximum Gasteiger partial charge on any atom is 0.424 e. The Kier molecular flexibility index (Phi) is 8.90. The van der Waals surface area contributed by atoms with Crippen LogP contribution < -0.4 is 9.47 Å². The van der Waals surface area contributed by atoms with Gasteiger partial charge in [0.15, 0.2) is 0 Å². The lowest BCUT2D eigenvalue weighted by Crippen LogP contribution is -2.45. The second kappa shape index (κ2) is 12.1. The van der Waals surface area contributed by atoms with Crippen LogP contribution in [0.1, 0.15) is 17.5 Å². The third-order valence-corrected chi connectivity index (χ3v) is 8.69. The lowest BCUT2D eigenvalue weighted by atomic mass is 10.2. The molecular formula is C25H31N3O8S2. The fourth-order valence-corrected chi connectivity index (χ4v) is 6.28. The molecule has 206 valence electrons. The number of hydrogen-bond acceptors (Lipinski definition) is 9. The lowest BCUT2D eigenvalue weighted by molar-refractivity contribution is 0.0893. The van der Waals surface area contributed by atoms with Gasteiger partial charge in [-0.2, -0.15) is 29.7 Å². The van der Waals surface area contributed by atoms with Gasteiger partial charge in [-0.3, -0.25) is 0 Å². The third-order valence-electron chi connectivity index (χ3n) is 6.44. The first kappa shape index (κ1) is 27.9. The van der Waals surface area contributed by atoms with E-state index in [0.717, 1.165) is 9.87 Å². The van der Waals surface area contributed by atoms with E-state index in [1.165, 1.54) is 9.21 Å². The molecule has 38 heavy (non-hydrogen) atoms. The highest BCUT2D eigenvalue weighted by Gasteiger charge is 2.44. The molecule has 2 saturated heterocycles. The Morgan fingerprint density at radius 2 is 1.39 bits per heavy atom. The van der Waals surface area contributed by atoms with Crippen LogP contribution in [0.4, 0.5) is 9.59 Å². The van der Waals surface area contributed by atoms with Crippen molar-refractivity contribution in [2.24, 2.45) is 0 Å². The third kappa shape index (κ3) is 6.45. The molecule has 0 saturated carbocycles. The number of carbonyl (C=O) groups is 2. The molecule has 0 aromatic heterocycles. The summed E-state index contributed by atoms with van der Waals surface area (Å²) in [4.78, 5) is 26.9. The minimum Gasteiger partial charge on any atom is -0.497 e. The molecule has 0 spiro atoms. The molecule has 2 heterocycles. The van der Waals surface area contributed by atoms with Gasteiger partial charge in [-0.15, -0.1) is 0 Å². The molecule has 2 aromatic carbocycles. The first-order valence-electron chi connectivity index (χ1n) is 12.0. The van der Waals surface area contributed by atoms with Crippen molar-refractivity contribution in [2.75, 3.05) is 40.4 Å². The number of thiol groups is 1.